The van der Waals surface area contributed by atoms with Gasteiger partial charge in [-0.3, -0.25) is 0 Å². The lowest BCUT2D eigenvalue weighted by atomic mass is 10.2. The summed E-state index contributed by atoms with van der Waals surface area (Å²) < 4.78 is 5.95. The van der Waals surface area contributed by atoms with Crippen molar-refractivity contribution in [3.8, 4) is 5.75 Å². The van der Waals surface area contributed by atoms with Gasteiger partial charge in [0.15, 0.2) is 0 Å². The summed E-state index contributed by atoms with van der Waals surface area (Å²) in [5.41, 5.74) is 1.19. The van der Waals surface area contributed by atoms with Crippen LogP contribution in [0, 0.1) is 0 Å². The van der Waals surface area contributed by atoms with Crippen LogP contribution in [0.5, 0.6) is 5.75 Å². The smallest absolute Gasteiger partial charge is 0.119 e. The zero-order chi connectivity index (χ0) is 12.8. The van der Waals surface area contributed by atoms with E-state index >= 15 is 0 Å². The van der Waals surface area contributed by atoms with Crippen LogP contribution in [0.1, 0.15) is 52.4 Å². The van der Waals surface area contributed by atoms with Gasteiger partial charge in [0.2, 0.25) is 0 Å². The van der Waals surface area contributed by atoms with Crippen LogP contribution in [0.2, 0.25) is 0 Å². The Bertz CT molecular complexity index is 341. The molecule has 0 aliphatic heterocycles. The molecule has 0 heterocycles. The van der Waals surface area contributed by atoms with Crippen LogP contribution in [0.25, 0.3) is 0 Å². The summed E-state index contributed by atoms with van der Waals surface area (Å²) >= 11 is 0. The van der Waals surface area contributed by atoms with E-state index in [1.54, 1.807) is 0 Å². The van der Waals surface area contributed by atoms with Gasteiger partial charge >= 0.3 is 0 Å². The second-order valence-electron chi connectivity index (χ2n) is 5.38. The molecule has 0 saturated heterocycles. The summed E-state index contributed by atoms with van der Waals surface area (Å²) in [6, 6.07) is 8.95. The van der Waals surface area contributed by atoms with Crippen LogP contribution in [-0.2, 0) is 0 Å². The van der Waals surface area contributed by atoms with Crippen LogP contribution < -0.4 is 10.1 Å². The number of rotatable bonds is 6. The molecule has 18 heavy (non-hydrogen) atoms. The molecule has 0 spiro atoms. The summed E-state index contributed by atoms with van der Waals surface area (Å²) in [7, 11) is 0. The Morgan fingerprint density at radius 3 is 2.50 bits per heavy atom. The van der Waals surface area contributed by atoms with E-state index in [0.717, 1.165) is 5.75 Å². The highest BCUT2D eigenvalue weighted by molar-refractivity contribution is 5.47. The monoisotopic (exact) mass is 247 g/mol. The Labute approximate surface area is 111 Å². The highest BCUT2D eigenvalue weighted by Gasteiger charge is 2.16. The number of ether oxygens (including phenoxy) is 1. The average Bonchev–Trinajstić information content (AvgIpc) is 2.85. The van der Waals surface area contributed by atoms with E-state index in [4.69, 9.17) is 4.74 Å². The van der Waals surface area contributed by atoms with Crippen molar-refractivity contribution in [3.05, 3.63) is 24.3 Å². The Hall–Kier alpha value is -1.18. The van der Waals surface area contributed by atoms with Crippen LogP contribution in [0.3, 0.4) is 0 Å². The maximum absolute atomic E-state index is 5.95. The SMILES string of the molecule is CCCC(C)Nc1ccc(OC2CCCC2)cc1. The lowest BCUT2D eigenvalue weighted by Crippen LogP contribution is -2.14. The Balaban J connectivity index is 1.84. The molecule has 0 aromatic heterocycles. The van der Waals surface area contributed by atoms with Crippen molar-refractivity contribution in [2.24, 2.45) is 0 Å². The minimum atomic E-state index is 0.447. The molecule has 0 radical (unpaired) electrons. The first-order valence-corrected chi connectivity index (χ1v) is 7.31. The lowest BCUT2D eigenvalue weighted by Gasteiger charge is -2.16. The molecule has 1 unspecified atom stereocenters. The van der Waals surface area contributed by atoms with Gasteiger partial charge in [-0.1, -0.05) is 13.3 Å². The molecule has 100 valence electrons. The van der Waals surface area contributed by atoms with Crippen LogP contribution in [-0.4, -0.2) is 12.1 Å². The molecule has 2 heteroatoms. The molecule has 1 N–H and O–H groups in total. The summed E-state index contributed by atoms with van der Waals surface area (Å²) in [6.45, 7) is 4.45. The van der Waals surface area contributed by atoms with Crippen molar-refractivity contribution in [1.29, 1.82) is 0 Å². The Kier molecular flexibility index (Phi) is 4.91. The number of anilines is 1. The van der Waals surface area contributed by atoms with Crippen molar-refractivity contribution in [1.82, 2.24) is 0 Å². The number of nitrogens with one attached hydrogen (secondary N) is 1. The molecule has 1 fully saturated rings. The van der Waals surface area contributed by atoms with Crippen LogP contribution in [0.4, 0.5) is 5.69 Å². The van der Waals surface area contributed by atoms with Gasteiger partial charge in [-0.25, -0.2) is 0 Å². The molecule has 1 atom stereocenters. The normalized spacial score (nSPS) is 17.7. The van der Waals surface area contributed by atoms with E-state index < -0.39 is 0 Å². The third kappa shape index (κ3) is 3.94. The fraction of sp³-hybridized carbons (Fsp3) is 0.625. The van der Waals surface area contributed by atoms with E-state index in [1.165, 1.54) is 44.2 Å². The maximum Gasteiger partial charge on any atom is 0.119 e. The third-order valence-corrected chi connectivity index (χ3v) is 3.59. The number of benzene rings is 1. The quantitative estimate of drug-likeness (QED) is 0.792. The first-order chi connectivity index (χ1) is 8.78. The zero-order valence-corrected chi connectivity index (χ0v) is 11.6. The average molecular weight is 247 g/mol. The highest BCUT2D eigenvalue weighted by atomic mass is 16.5. The second-order valence-corrected chi connectivity index (χ2v) is 5.38. The summed E-state index contributed by atoms with van der Waals surface area (Å²) in [4.78, 5) is 0. The molecule has 0 amide bonds. The van der Waals surface area contributed by atoms with Gasteiger partial charge in [-0.05, 0) is 63.3 Å². The largest absolute Gasteiger partial charge is 0.490 e. The van der Waals surface area contributed by atoms with Crippen molar-refractivity contribution in [2.75, 3.05) is 5.32 Å². The standard InChI is InChI=1S/C16H25NO/c1-3-6-13(2)17-14-9-11-16(12-10-14)18-15-7-4-5-8-15/h9-13,15,17H,3-8H2,1-2H3. The van der Waals surface area contributed by atoms with Gasteiger partial charge in [0.1, 0.15) is 5.75 Å². The van der Waals surface area contributed by atoms with Crippen molar-refractivity contribution in [2.45, 2.75) is 64.5 Å². The number of hydrogen-bond acceptors (Lipinski definition) is 2. The van der Waals surface area contributed by atoms with Gasteiger partial charge in [0, 0.05) is 11.7 Å². The topological polar surface area (TPSA) is 21.3 Å². The molecule has 1 aliphatic carbocycles. The van der Waals surface area contributed by atoms with E-state index in [1.807, 2.05) is 0 Å². The molecular weight excluding hydrogens is 222 g/mol. The summed E-state index contributed by atoms with van der Waals surface area (Å²) in [5.74, 6) is 1.01. The zero-order valence-electron chi connectivity index (χ0n) is 11.6. The Morgan fingerprint density at radius 2 is 1.89 bits per heavy atom. The van der Waals surface area contributed by atoms with E-state index in [0.29, 0.717) is 12.1 Å². The Morgan fingerprint density at radius 1 is 1.22 bits per heavy atom. The minimum Gasteiger partial charge on any atom is -0.490 e. The first kappa shape index (κ1) is 13.3. The van der Waals surface area contributed by atoms with Gasteiger partial charge in [-0.15, -0.1) is 0 Å². The van der Waals surface area contributed by atoms with E-state index in [9.17, 15) is 0 Å². The van der Waals surface area contributed by atoms with Crippen molar-refractivity contribution in [3.63, 3.8) is 0 Å². The van der Waals surface area contributed by atoms with Crippen molar-refractivity contribution >= 4 is 5.69 Å². The minimum absolute atomic E-state index is 0.447. The maximum atomic E-state index is 5.95. The first-order valence-electron chi connectivity index (χ1n) is 7.31. The molecule has 1 saturated carbocycles. The van der Waals surface area contributed by atoms with Gasteiger partial charge in [-0.2, -0.15) is 0 Å². The summed E-state index contributed by atoms with van der Waals surface area (Å²) in [5, 5.41) is 3.51. The molecule has 1 aliphatic rings. The molecule has 1 aromatic rings. The van der Waals surface area contributed by atoms with Gasteiger partial charge in [0.25, 0.3) is 0 Å². The highest BCUT2D eigenvalue weighted by Crippen LogP contribution is 2.25. The third-order valence-electron chi connectivity index (χ3n) is 3.59. The molecule has 2 rings (SSSR count). The van der Waals surface area contributed by atoms with E-state index in [2.05, 4.69) is 43.4 Å². The lowest BCUT2D eigenvalue weighted by molar-refractivity contribution is 0.210. The second kappa shape index (κ2) is 6.67. The van der Waals surface area contributed by atoms with Crippen LogP contribution in [0.15, 0.2) is 24.3 Å². The van der Waals surface area contributed by atoms with Gasteiger partial charge < -0.3 is 10.1 Å². The fourth-order valence-electron chi connectivity index (χ4n) is 2.62. The predicted molar refractivity (Wildman–Crippen MR) is 77.3 cm³/mol. The van der Waals surface area contributed by atoms with Crippen molar-refractivity contribution < 1.29 is 4.74 Å². The molecule has 1 aromatic carbocycles. The van der Waals surface area contributed by atoms with Gasteiger partial charge in [0.05, 0.1) is 6.10 Å². The molecular formula is C16H25NO. The van der Waals surface area contributed by atoms with Crippen LogP contribution >= 0.6 is 0 Å². The summed E-state index contributed by atoms with van der Waals surface area (Å²) in [6.07, 6.45) is 7.94. The number of hydrogen-bond donors (Lipinski definition) is 1. The van der Waals surface area contributed by atoms with E-state index in [-0.39, 0.29) is 0 Å². The predicted octanol–water partition coefficient (Wildman–Crippen LogP) is 4.61. The molecule has 2 nitrogen and oxygen atoms in total. The fourth-order valence-corrected chi connectivity index (χ4v) is 2.62. The molecule has 0 bridgehead atoms.